The zero-order valence-corrected chi connectivity index (χ0v) is 15.6. The highest BCUT2D eigenvalue weighted by atomic mass is 16.1. The molecule has 140 valence electrons. The quantitative estimate of drug-likeness (QED) is 0.561. The van der Waals surface area contributed by atoms with Gasteiger partial charge in [-0.05, 0) is 32.0 Å². The van der Waals surface area contributed by atoms with E-state index >= 15 is 0 Å². The summed E-state index contributed by atoms with van der Waals surface area (Å²) in [5, 5.41) is 7.50. The van der Waals surface area contributed by atoms with Gasteiger partial charge in [-0.25, -0.2) is 14.6 Å². The van der Waals surface area contributed by atoms with E-state index in [1.807, 2.05) is 50.2 Å². The second-order valence-corrected chi connectivity index (χ2v) is 6.46. The molecule has 0 unspecified atom stereocenters. The SMILES string of the molecule is Cc1c([C@H](C)NC(=O)c2ccccc2-c2ncc[nH]2)cnn1-c1ccccn1. The Morgan fingerprint density at radius 2 is 1.93 bits per heavy atom. The fourth-order valence-electron chi connectivity index (χ4n) is 3.21. The largest absolute Gasteiger partial charge is 0.345 e. The van der Waals surface area contributed by atoms with E-state index < -0.39 is 0 Å². The Hall–Kier alpha value is -3.74. The Morgan fingerprint density at radius 1 is 1.11 bits per heavy atom. The molecule has 0 bridgehead atoms. The van der Waals surface area contributed by atoms with Crippen molar-refractivity contribution in [1.29, 1.82) is 0 Å². The van der Waals surface area contributed by atoms with Crippen LogP contribution in [-0.4, -0.2) is 30.6 Å². The Labute approximate surface area is 162 Å². The summed E-state index contributed by atoms with van der Waals surface area (Å²) in [6.07, 6.45) is 6.91. The van der Waals surface area contributed by atoms with Crippen LogP contribution in [0.3, 0.4) is 0 Å². The third-order valence-electron chi connectivity index (χ3n) is 4.65. The zero-order valence-electron chi connectivity index (χ0n) is 15.6. The first kappa shape index (κ1) is 17.7. The van der Waals surface area contributed by atoms with E-state index in [0.29, 0.717) is 11.4 Å². The van der Waals surface area contributed by atoms with Gasteiger partial charge in [0, 0.05) is 35.4 Å². The maximum atomic E-state index is 12.9. The van der Waals surface area contributed by atoms with Crippen LogP contribution >= 0.6 is 0 Å². The molecule has 7 nitrogen and oxygen atoms in total. The van der Waals surface area contributed by atoms with Gasteiger partial charge in [-0.1, -0.05) is 24.3 Å². The molecule has 0 aliphatic carbocycles. The summed E-state index contributed by atoms with van der Waals surface area (Å²) in [5.41, 5.74) is 3.21. The first-order valence-electron chi connectivity index (χ1n) is 9.00. The molecule has 1 amide bonds. The molecule has 4 aromatic rings. The minimum Gasteiger partial charge on any atom is -0.345 e. The molecule has 0 spiro atoms. The third-order valence-corrected chi connectivity index (χ3v) is 4.65. The van der Waals surface area contributed by atoms with Crippen LogP contribution in [0.5, 0.6) is 0 Å². The summed E-state index contributed by atoms with van der Waals surface area (Å²) < 4.78 is 1.77. The number of aromatic amines is 1. The van der Waals surface area contributed by atoms with Gasteiger partial charge in [0.15, 0.2) is 5.82 Å². The Kier molecular flexibility index (Phi) is 4.72. The molecule has 0 saturated carbocycles. The number of amides is 1. The summed E-state index contributed by atoms with van der Waals surface area (Å²) >= 11 is 0. The van der Waals surface area contributed by atoms with Crippen molar-refractivity contribution in [3.05, 3.63) is 84.1 Å². The van der Waals surface area contributed by atoms with Crippen LogP contribution in [-0.2, 0) is 0 Å². The zero-order chi connectivity index (χ0) is 19.5. The Morgan fingerprint density at radius 3 is 2.68 bits per heavy atom. The maximum absolute atomic E-state index is 12.9. The highest BCUT2D eigenvalue weighted by molar-refractivity contribution is 6.00. The molecule has 0 fully saturated rings. The average Bonchev–Trinajstić information content (AvgIpc) is 3.38. The summed E-state index contributed by atoms with van der Waals surface area (Å²) in [4.78, 5) is 24.6. The van der Waals surface area contributed by atoms with E-state index in [1.165, 1.54) is 0 Å². The number of benzene rings is 1. The van der Waals surface area contributed by atoms with E-state index in [1.54, 1.807) is 35.5 Å². The lowest BCUT2D eigenvalue weighted by molar-refractivity contribution is 0.0940. The van der Waals surface area contributed by atoms with Gasteiger partial charge in [0.1, 0.15) is 5.82 Å². The number of rotatable bonds is 5. The number of nitrogens with one attached hydrogen (secondary N) is 2. The lowest BCUT2D eigenvalue weighted by atomic mass is 10.0. The van der Waals surface area contributed by atoms with Gasteiger partial charge in [0.25, 0.3) is 5.91 Å². The van der Waals surface area contributed by atoms with Crippen LogP contribution in [0.1, 0.15) is 34.6 Å². The molecule has 0 aliphatic heterocycles. The smallest absolute Gasteiger partial charge is 0.252 e. The van der Waals surface area contributed by atoms with Crippen molar-refractivity contribution >= 4 is 5.91 Å². The van der Waals surface area contributed by atoms with E-state index in [9.17, 15) is 4.79 Å². The molecule has 0 aliphatic rings. The number of pyridine rings is 1. The second kappa shape index (κ2) is 7.48. The van der Waals surface area contributed by atoms with Gasteiger partial charge in [0.05, 0.1) is 17.8 Å². The topological polar surface area (TPSA) is 88.5 Å². The monoisotopic (exact) mass is 372 g/mol. The van der Waals surface area contributed by atoms with Crippen LogP contribution < -0.4 is 5.32 Å². The van der Waals surface area contributed by atoms with Crippen molar-refractivity contribution < 1.29 is 4.79 Å². The number of nitrogens with zero attached hydrogens (tertiary/aromatic N) is 4. The highest BCUT2D eigenvalue weighted by Crippen LogP contribution is 2.23. The number of imidazole rings is 1. The van der Waals surface area contributed by atoms with E-state index in [4.69, 9.17) is 0 Å². The fourth-order valence-corrected chi connectivity index (χ4v) is 3.21. The molecule has 1 aromatic carbocycles. The molecule has 28 heavy (non-hydrogen) atoms. The van der Waals surface area contributed by atoms with Crippen molar-refractivity contribution in [2.45, 2.75) is 19.9 Å². The third kappa shape index (κ3) is 3.29. The number of aromatic nitrogens is 5. The van der Waals surface area contributed by atoms with Crippen LogP contribution in [0.2, 0.25) is 0 Å². The molecule has 0 radical (unpaired) electrons. The van der Waals surface area contributed by atoms with Crippen molar-refractivity contribution in [3.63, 3.8) is 0 Å². The molecule has 3 aromatic heterocycles. The maximum Gasteiger partial charge on any atom is 0.252 e. The minimum absolute atomic E-state index is 0.163. The number of hydrogen-bond donors (Lipinski definition) is 2. The van der Waals surface area contributed by atoms with Crippen LogP contribution in [0.15, 0.2) is 67.3 Å². The van der Waals surface area contributed by atoms with Crippen molar-refractivity contribution in [3.8, 4) is 17.2 Å². The number of H-pyrrole nitrogens is 1. The second-order valence-electron chi connectivity index (χ2n) is 6.46. The molecule has 1 atom stereocenters. The number of carbonyl (C=O) groups is 1. The normalized spacial score (nSPS) is 11.9. The van der Waals surface area contributed by atoms with E-state index in [2.05, 4.69) is 25.4 Å². The van der Waals surface area contributed by atoms with Crippen molar-refractivity contribution in [2.75, 3.05) is 0 Å². The molecule has 7 heteroatoms. The lowest BCUT2D eigenvalue weighted by Crippen LogP contribution is -2.27. The molecule has 3 heterocycles. The molecule has 0 saturated heterocycles. The van der Waals surface area contributed by atoms with Crippen LogP contribution in [0.4, 0.5) is 0 Å². The predicted octanol–water partition coefficient (Wildman–Crippen LogP) is 3.46. The summed E-state index contributed by atoms with van der Waals surface area (Å²) in [6, 6.07) is 12.9. The summed E-state index contributed by atoms with van der Waals surface area (Å²) in [5.74, 6) is 1.25. The van der Waals surface area contributed by atoms with Gasteiger partial charge in [-0.15, -0.1) is 0 Å². The van der Waals surface area contributed by atoms with E-state index in [0.717, 1.165) is 22.6 Å². The minimum atomic E-state index is -0.213. The van der Waals surface area contributed by atoms with Gasteiger partial charge < -0.3 is 10.3 Å². The van der Waals surface area contributed by atoms with Crippen molar-refractivity contribution in [1.82, 2.24) is 30.0 Å². The van der Waals surface area contributed by atoms with Gasteiger partial charge >= 0.3 is 0 Å². The molecular formula is C21H20N6O. The average molecular weight is 372 g/mol. The summed E-state index contributed by atoms with van der Waals surface area (Å²) in [6.45, 7) is 3.91. The van der Waals surface area contributed by atoms with Gasteiger partial charge in [-0.2, -0.15) is 5.10 Å². The first-order chi connectivity index (χ1) is 13.6. The Bertz CT molecular complexity index is 1090. The Balaban J connectivity index is 1.58. The lowest BCUT2D eigenvalue weighted by Gasteiger charge is -2.15. The van der Waals surface area contributed by atoms with Gasteiger partial charge in [-0.3, -0.25) is 4.79 Å². The van der Waals surface area contributed by atoms with Crippen LogP contribution in [0, 0.1) is 6.92 Å². The van der Waals surface area contributed by atoms with Crippen LogP contribution in [0.25, 0.3) is 17.2 Å². The molecule has 2 N–H and O–H groups in total. The first-order valence-corrected chi connectivity index (χ1v) is 9.00. The summed E-state index contributed by atoms with van der Waals surface area (Å²) in [7, 11) is 0. The fraction of sp³-hybridized carbons (Fsp3) is 0.143. The van der Waals surface area contributed by atoms with Gasteiger partial charge in [0.2, 0.25) is 0 Å². The number of hydrogen-bond acceptors (Lipinski definition) is 4. The highest BCUT2D eigenvalue weighted by Gasteiger charge is 2.19. The van der Waals surface area contributed by atoms with E-state index in [-0.39, 0.29) is 11.9 Å². The predicted molar refractivity (Wildman–Crippen MR) is 106 cm³/mol. The number of carbonyl (C=O) groups excluding carboxylic acids is 1. The standard InChI is InChI=1S/C21H20N6O/c1-14(18-13-25-27(15(18)2)19-9-5-6-10-22-19)26-21(28)17-8-4-3-7-16(17)20-23-11-12-24-20/h3-14H,1-2H3,(H,23,24)(H,26,28)/t14-/m0/s1. The van der Waals surface area contributed by atoms with Crippen molar-refractivity contribution in [2.24, 2.45) is 0 Å². The molecular weight excluding hydrogens is 352 g/mol. The molecule has 4 rings (SSSR count).